The van der Waals surface area contributed by atoms with Crippen LogP contribution in [0.15, 0.2) is 6.20 Å². The van der Waals surface area contributed by atoms with Gasteiger partial charge in [-0.25, -0.2) is 4.98 Å². The lowest BCUT2D eigenvalue weighted by Gasteiger charge is -2.19. The summed E-state index contributed by atoms with van der Waals surface area (Å²) in [5, 5.41) is 0. The number of imidazole rings is 1. The van der Waals surface area contributed by atoms with E-state index in [0.717, 1.165) is 10.7 Å². The quantitative estimate of drug-likeness (QED) is 0.818. The van der Waals surface area contributed by atoms with Gasteiger partial charge in [0.05, 0.1) is 5.69 Å². The Morgan fingerprint density at radius 2 is 2.12 bits per heavy atom. The predicted molar refractivity (Wildman–Crippen MR) is 69.7 cm³/mol. The van der Waals surface area contributed by atoms with Crippen LogP contribution in [0.25, 0.3) is 4.96 Å². The molecule has 2 heterocycles. The van der Waals surface area contributed by atoms with Gasteiger partial charge in [-0.3, -0.25) is 4.40 Å². The molecule has 1 aliphatic carbocycles. The number of hydrogen-bond acceptors (Lipinski definition) is 3. The molecule has 4 heteroatoms. The first-order valence-electron chi connectivity index (χ1n) is 6.17. The molecule has 0 spiro atoms. The van der Waals surface area contributed by atoms with Crippen LogP contribution in [0.4, 0.5) is 0 Å². The zero-order valence-electron chi connectivity index (χ0n) is 10.6. The molecule has 0 aliphatic heterocycles. The topological polar surface area (TPSA) is 26.5 Å². The highest BCUT2D eigenvalue weighted by Gasteiger charge is 2.25. The molecule has 0 unspecified atom stereocenters. The van der Waals surface area contributed by atoms with Gasteiger partial charge < -0.3 is 4.74 Å². The first-order valence-corrected chi connectivity index (χ1v) is 6.99. The van der Waals surface area contributed by atoms with Crippen LogP contribution in [0.2, 0.25) is 0 Å². The van der Waals surface area contributed by atoms with Crippen LogP contribution in [0.1, 0.15) is 43.0 Å². The Balaban J connectivity index is 2.12. The number of ether oxygens (including phenoxy) is 1. The molecular formula is C13H18N2OS. The predicted octanol–water partition coefficient (Wildman–Crippen LogP) is 3.16. The molecular weight excluding hydrogens is 232 g/mol. The van der Waals surface area contributed by atoms with Gasteiger partial charge in [0, 0.05) is 23.9 Å². The Labute approximate surface area is 105 Å². The van der Waals surface area contributed by atoms with Crippen LogP contribution >= 0.6 is 11.3 Å². The Morgan fingerprint density at radius 1 is 1.35 bits per heavy atom. The smallest absolute Gasteiger partial charge is 0.194 e. The summed E-state index contributed by atoms with van der Waals surface area (Å²) >= 11 is 1.84. The van der Waals surface area contributed by atoms with E-state index in [0.29, 0.717) is 0 Å². The Morgan fingerprint density at radius 3 is 2.88 bits per heavy atom. The van der Waals surface area contributed by atoms with Crippen molar-refractivity contribution in [1.82, 2.24) is 9.38 Å². The van der Waals surface area contributed by atoms with Gasteiger partial charge in [-0.2, -0.15) is 0 Å². The molecule has 17 heavy (non-hydrogen) atoms. The van der Waals surface area contributed by atoms with Crippen molar-refractivity contribution in [2.45, 2.75) is 45.1 Å². The maximum atomic E-state index is 5.50. The van der Waals surface area contributed by atoms with Gasteiger partial charge in [0.25, 0.3) is 0 Å². The first kappa shape index (κ1) is 11.2. The molecule has 2 aromatic rings. The van der Waals surface area contributed by atoms with E-state index < -0.39 is 0 Å². The van der Waals surface area contributed by atoms with Gasteiger partial charge in [-0.15, -0.1) is 11.3 Å². The number of fused-ring (bicyclic) bond motifs is 3. The van der Waals surface area contributed by atoms with Gasteiger partial charge in [0.2, 0.25) is 0 Å². The third kappa shape index (κ3) is 1.70. The molecule has 1 aliphatic rings. The third-order valence-electron chi connectivity index (χ3n) is 3.70. The second-order valence-electron chi connectivity index (χ2n) is 5.17. The number of thiazole rings is 1. The van der Waals surface area contributed by atoms with Gasteiger partial charge in [0.1, 0.15) is 5.60 Å². The lowest BCUT2D eigenvalue weighted by atomic mass is 10.0. The van der Waals surface area contributed by atoms with E-state index in [2.05, 4.69) is 24.4 Å². The highest BCUT2D eigenvalue weighted by atomic mass is 32.1. The zero-order valence-corrected chi connectivity index (χ0v) is 11.4. The summed E-state index contributed by atoms with van der Waals surface area (Å²) in [7, 11) is 1.74. The van der Waals surface area contributed by atoms with E-state index in [-0.39, 0.29) is 5.60 Å². The van der Waals surface area contributed by atoms with Gasteiger partial charge in [-0.05, 0) is 39.5 Å². The Kier molecular flexibility index (Phi) is 2.52. The number of rotatable bonds is 2. The fraction of sp³-hybridized carbons (Fsp3) is 0.615. The van der Waals surface area contributed by atoms with Crippen molar-refractivity contribution >= 4 is 16.3 Å². The number of aryl methyl sites for hydroxylation is 2. The monoisotopic (exact) mass is 250 g/mol. The van der Waals surface area contributed by atoms with E-state index in [9.17, 15) is 0 Å². The van der Waals surface area contributed by atoms with E-state index in [4.69, 9.17) is 9.72 Å². The van der Waals surface area contributed by atoms with Gasteiger partial charge in [0.15, 0.2) is 4.96 Å². The van der Waals surface area contributed by atoms with Crippen molar-refractivity contribution in [3.63, 3.8) is 0 Å². The van der Waals surface area contributed by atoms with Crippen molar-refractivity contribution in [3.8, 4) is 0 Å². The standard InChI is InChI=1S/C13H18N2OS/c1-13(2,16-3)11-8-15-9-6-4-5-7-10(9)17-12(15)14-11/h8H,4-7H2,1-3H3. The van der Waals surface area contributed by atoms with Crippen LogP contribution in [0.5, 0.6) is 0 Å². The summed E-state index contributed by atoms with van der Waals surface area (Å²) in [6.45, 7) is 4.12. The molecule has 92 valence electrons. The molecule has 0 saturated heterocycles. The molecule has 0 radical (unpaired) electrons. The summed E-state index contributed by atoms with van der Waals surface area (Å²) in [5.74, 6) is 0. The molecule has 2 aromatic heterocycles. The summed E-state index contributed by atoms with van der Waals surface area (Å²) in [6, 6.07) is 0. The molecule has 0 N–H and O–H groups in total. The van der Waals surface area contributed by atoms with E-state index in [1.54, 1.807) is 7.11 Å². The molecule has 3 rings (SSSR count). The summed E-state index contributed by atoms with van der Waals surface area (Å²) in [6.07, 6.45) is 7.21. The number of nitrogens with zero attached hydrogens (tertiary/aromatic N) is 2. The molecule has 0 atom stereocenters. The highest BCUT2D eigenvalue weighted by Crippen LogP contribution is 2.32. The third-order valence-corrected chi connectivity index (χ3v) is 4.85. The molecule has 0 saturated carbocycles. The summed E-state index contributed by atoms with van der Waals surface area (Å²) in [4.78, 5) is 7.37. The van der Waals surface area contributed by atoms with Crippen LogP contribution < -0.4 is 0 Å². The average molecular weight is 250 g/mol. The summed E-state index contributed by atoms with van der Waals surface area (Å²) in [5.41, 5.74) is 2.20. The first-order chi connectivity index (χ1) is 8.12. The molecule has 0 amide bonds. The second kappa shape index (κ2) is 3.82. The maximum Gasteiger partial charge on any atom is 0.194 e. The van der Waals surface area contributed by atoms with Gasteiger partial charge >= 0.3 is 0 Å². The fourth-order valence-electron chi connectivity index (χ4n) is 2.36. The van der Waals surface area contributed by atoms with Crippen LogP contribution in [0, 0.1) is 0 Å². The highest BCUT2D eigenvalue weighted by molar-refractivity contribution is 7.17. The lowest BCUT2D eigenvalue weighted by Crippen LogP contribution is -2.19. The van der Waals surface area contributed by atoms with Crippen LogP contribution in [0.3, 0.4) is 0 Å². The zero-order chi connectivity index (χ0) is 12.0. The largest absolute Gasteiger partial charge is 0.372 e. The van der Waals surface area contributed by atoms with Crippen LogP contribution in [-0.2, 0) is 23.2 Å². The Bertz CT molecular complexity index is 553. The van der Waals surface area contributed by atoms with Gasteiger partial charge in [-0.1, -0.05) is 0 Å². The van der Waals surface area contributed by atoms with Crippen LogP contribution in [-0.4, -0.2) is 16.5 Å². The minimum atomic E-state index is -0.298. The van der Waals surface area contributed by atoms with Crippen molar-refractivity contribution in [1.29, 1.82) is 0 Å². The SMILES string of the molecule is COC(C)(C)c1cn2c3c(sc2n1)CCCC3. The molecule has 3 nitrogen and oxygen atoms in total. The summed E-state index contributed by atoms with van der Waals surface area (Å²) < 4.78 is 7.77. The van der Waals surface area contributed by atoms with Crippen molar-refractivity contribution in [3.05, 3.63) is 22.5 Å². The van der Waals surface area contributed by atoms with Crippen molar-refractivity contribution in [2.24, 2.45) is 0 Å². The minimum absolute atomic E-state index is 0.298. The number of aromatic nitrogens is 2. The van der Waals surface area contributed by atoms with Crippen molar-refractivity contribution in [2.75, 3.05) is 7.11 Å². The van der Waals surface area contributed by atoms with E-state index >= 15 is 0 Å². The fourth-order valence-corrected chi connectivity index (χ4v) is 3.55. The van der Waals surface area contributed by atoms with E-state index in [1.165, 1.54) is 36.3 Å². The molecule has 0 bridgehead atoms. The van der Waals surface area contributed by atoms with E-state index in [1.807, 2.05) is 11.3 Å². The second-order valence-corrected chi connectivity index (χ2v) is 6.23. The Hall–Kier alpha value is -0.870. The normalized spacial score (nSPS) is 16.4. The average Bonchev–Trinajstić information content (AvgIpc) is 2.86. The lowest BCUT2D eigenvalue weighted by molar-refractivity contribution is 0.0159. The molecule has 0 aromatic carbocycles. The minimum Gasteiger partial charge on any atom is -0.372 e. The molecule has 0 fully saturated rings. The number of hydrogen-bond donors (Lipinski definition) is 0. The maximum absolute atomic E-state index is 5.50. The van der Waals surface area contributed by atoms with Crippen molar-refractivity contribution < 1.29 is 4.74 Å². The number of methoxy groups -OCH3 is 1.